The number of aromatic nitrogens is 3. The van der Waals surface area contributed by atoms with Crippen molar-refractivity contribution in [3.05, 3.63) is 70.4 Å². The van der Waals surface area contributed by atoms with E-state index in [0.717, 1.165) is 18.4 Å². The molecule has 3 aromatic rings. The van der Waals surface area contributed by atoms with Crippen molar-refractivity contribution in [1.29, 1.82) is 0 Å². The lowest BCUT2D eigenvalue weighted by Gasteiger charge is -2.24. The zero-order chi connectivity index (χ0) is 23.3. The summed E-state index contributed by atoms with van der Waals surface area (Å²) in [5, 5.41) is 18.5. The zero-order valence-corrected chi connectivity index (χ0v) is 18.9. The van der Waals surface area contributed by atoms with Crippen molar-refractivity contribution < 1.29 is 14.3 Å². The first-order valence-corrected chi connectivity index (χ1v) is 11.3. The first-order valence-electron chi connectivity index (χ1n) is 11.0. The van der Waals surface area contributed by atoms with Crippen LogP contribution in [0.4, 0.5) is 15.9 Å². The average molecular weight is 470 g/mol. The number of nitrogens with one attached hydrogen (secondary N) is 1. The number of nitrogens with two attached hydrogens (primary N) is 1. The van der Waals surface area contributed by atoms with E-state index in [-0.39, 0.29) is 16.8 Å². The van der Waals surface area contributed by atoms with E-state index in [0.29, 0.717) is 41.6 Å². The van der Waals surface area contributed by atoms with E-state index < -0.39 is 17.3 Å². The van der Waals surface area contributed by atoms with Crippen LogP contribution in [0.2, 0.25) is 5.02 Å². The Labute approximate surface area is 195 Å². The summed E-state index contributed by atoms with van der Waals surface area (Å²) in [6.45, 7) is 0. The van der Waals surface area contributed by atoms with Gasteiger partial charge in [-0.25, -0.2) is 4.39 Å². The van der Waals surface area contributed by atoms with E-state index >= 15 is 0 Å². The van der Waals surface area contributed by atoms with Gasteiger partial charge >= 0.3 is 0 Å². The van der Waals surface area contributed by atoms with Crippen LogP contribution >= 0.6 is 11.6 Å². The van der Waals surface area contributed by atoms with Crippen molar-refractivity contribution in [2.24, 2.45) is 18.9 Å². The Morgan fingerprint density at radius 2 is 2.03 bits per heavy atom. The van der Waals surface area contributed by atoms with Crippen LogP contribution in [0.5, 0.6) is 0 Å². The molecule has 0 bridgehead atoms. The number of amides is 1. The van der Waals surface area contributed by atoms with Crippen LogP contribution in [0.15, 0.2) is 42.7 Å². The molecule has 0 spiro atoms. The van der Waals surface area contributed by atoms with Gasteiger partial charge in [-0.05, 0) is 61.8 Å². The second kappa shape index (κ2) is 8.11. The molecule has 0 saturated heterocycles. The van der Waals surface area contributed by atoms with E-state index in [1.54, 1.807) is 19.4 Å². The number of carbonyl (C=O) groups excluding carboxylic acids is 1. The molecule has 5 rings (SSSR count). The Morgan fingerprint density at radius 1 is 1.30 bits per heavy atom. The molecule has 7 nitrogen and oxygen atoms in total. The lowest BCUT2D eigenvalue weighted by molar-refractivity contribution is 0.0341. The van der Waals surface area contributed by atoms with Gasteiger partial charge in [-0.1, -0.05) is 17.7 Å². The van der Waals surface area contributed by atoms with E-state index in [1.165, 1.54) is 22.9 Å². The Morgan fingerprint density at radius 3 is 2.67 bits per heavy atom. The van der Waals surface area contributed by atoms with Gasteiger partial charge in [0.05, 0.1) is 16.3 Å². The number of nitrogen functional groups attached to an aromatic ring is 1. The molecule has 33 heavy (non-hydrogen) atoms. The second-order valence-electron chi connectivity index (χ2n) is 9.22. The van der Waals surface area contributed by atoms with Crippen molar-refractivity contribution in [1.82, 2.24) is 14.8 Å². The van der Waals surface area contributed by atoms with E-state index in [1.807, 2.05) is 12.1 Å². The molecule has 1 amide bonds. The molecule has 2 heterocycles. The maximum atomic E-state index is 13.5. The van der Waals surface area contributed by atoms with Gasteiger partial charge in [-0.15, -0.1) is 0 Å². The lowest BCUT2D eigenvalue weighted by atomic mass is 9.87. The van der Waals surface area contributed by atoms with Gasteiger partial charge < -0.3 is 16.2 Å². The number of hydrogen-bond acceptors (Lipinski definition) is 5. The Balaban J connectivity index is 1.36. The maximum Gasteiger partial charge on any atom is 0.261 e. The first kappa shape index (κ1) is 21.9. The molecule has 1 aromatic carbocycles. The monoisotopic (exact) mass is 469 g/mol. The van der Waals surface area contributed by atoms with Gasteiger partial charge in [-0.3, -0.25) is 14.5 Å². The molecule has 9 heteroatoms. The normalized spacial score (nSPS) is 26.4. The zero-order valence-electron chi connectivity index (χ0n) is 18.1. The van der Waals surface area contributed by atoms with Crippen LogP contribution < -0.4 is 11.1 Å². The van der Waals surface area contributed by atoms with Crippen LogP contribution in [0.1, 0.15) is 53.2 Å². The highest BCUT2D eigenvalue weighted by atomic mass is 35.5. The molecule has 2 aliphatic carbocycles. The molecule has 2 aliphatic rings. The topological polar surface area (TPSA) is 106 Å². The van der Waals surface area contributed by atoms with Crippen LogP contribution in [-0.2, 0) is 12.6 Å². The predicted octanol–water partition coefficient (Wildman–Crippen LogP) is 4.23. The van der Waals surface area contributed by atoms with Crippen LogP contribution in [0, 0.1) is 17.7 Å². The minimum Gasteiger partial charge on any atom is -0.385 e. The van der Waals surface area contributed by atoms with E-state index in [4.69, 9.17) is 17.3 Å². The van der Waals surface area contributed by atoms with Gasteiger partial charge in [0.2, 0.25) is 0 Å². The molecule has 2 fully saturated rings. The standard InChI is InChI=1S/C24H25ClFN5O2/c1-31-22(27)20(23(32)29-17-4-5-19(26)18(25)9-17)21(30-31)13-7-14-10-24(33,11-15(14)8-13)16-3-2-6-28-12-16/h2-6,9,12-15,33H,7-8,10-11,27H2,1H3,(H,29,32). The molecule has 2 atom stereocenters. The minimum absolute atomic E-state index is 0.0690. The van der Waals surface area contributed by atoms with Crippen LogP contribution in [0.25, 0.3) is 0 Å². The number of halogens is 2. The number of hydrogen-bond donors (Lipinski definition) is 3. The summed E-state index contributed by atoms with van der Waals surface area (Å²) in [7, 11) is 1.71. The minimum atomic E-state index is -0.861. The Bertz CT molecular complexity index is 1200. The van der Waals surface area contributed by atoms with Crippen LogP contribution in [-0.4, -0.2) is 25.8 Å². The van der Waals surface area contributed by atoms with Crippen molar-refractivity contribution in [3.8, 4) is 0 Å². The summed E-state index contributed by atoms with van der Waals surface area (Å²) in [4.78, 5) is 17.3. The van der Waals surface area contributed by atoms with E-state index in [9.17, 15) is 14.3 Å². The van der Waals surface area contributed by atoms with Gasteiger partial charge in [0.15, 0.2) is 0 Å². The van der Waals surface area contributed by atoms with Crippen molar-refractivity contribution in [2.75, 3.05) is 11.1 Å². The molecule has 4 N–H and O–H groups in total. The number of carbonyl (C=O) groups is 1. The molecule has 2 saturated carbocycles. The fourth-order valence-electron chi connectivity index (χ4n) is 5.60. The van der Waals surface area contributed by atoms with Crippen molar-refractivity contribution in [2.45, 2.75) is 37.2 Å². The number of nitrogens with zero attached hydrogens (tertiary/aromatic N) is 3. The summed E-state index contributed by atoms with van der Waals surface area (Å²) in [5.74, 6) is 0.0480. The van der Waals surface area contributed by atoms with Crippen LogP contribution in [0.3, 0.4) is 0 Å². The molecular formula is C24H25ClFN5O2. The number of aliphatic hydroxyl groups is 1. The number of aryl methyl sites for hydroxylation is 1. The first-order chi connectivity index (χ1) is 15.7. The van der Waals surface area contributed by atoms with Crippen molar-refractivity contribution in [3.63, 3.8) is 0 Å². The predicted molar refractivity (Wildman–Crippen MR) is 123 cm³/mol. The smallest absolute Gasteiger partial charge is 0.261 e. The lowest BCUT2D eigenvalue weighted by Crippen LogP contribution is -2.23. The van der Waals surface area contributed by atoms with Gasteiger partial charge in [-0.2, -0.15) is 5.10 Å². The molecule has 0 aliphatic heterocycles. The van der Waals surface area contributed by atoms with Crippen molar-refractivity contribution >= 4 is 29.0 Å². The summed E-state index contributed by atoms with van der Waals surface area (Å²) < 4.78 is 15.0. The fourth-order valence-corrected chi connectivity index (χ4v) is 5.78. The highest BCUT2D eigenvalue weighted by molar-refractivity contribution is 6.31. The number of fused-ring (bicyclic) bond motifs is 1. The summed E-state index contributed by atoms with van der Waals surface area (Å²) >= 11 is 5.84. The Kier molecular flexibility index (Phi) is 5.37. The Hall–Kier alpha value is -2.97. The molecule has 0 radical (unpaired) electrons. The third-order valence-corrected chi connectivity index (χ3v) is 7.44. The maximum absolute atomic E-state index is 13.5. The highest BCUT2D eigenvalue weighted by Crippen LogP contribution is 2.57. The summed E-state index contributed by atoms with van der Waals surface area (Å²) in [5.41, 5.74) is 7.60. The molecular weight excluding hydrogens is 445 g/mol. The third-order valence-electron chi connectivity index (χ3n) is 7.15. The number of pyridine rings is 1. The highest BCUT2D eigenvalue weighted by Gasteiger charge is 2.50. The number of rotatable bonds is 4. The largest absolute Gasteiger partial charge is 0.385 e. The molecule has 2 aromatic heterocycles. The number of anilines is 2. The van der Waals surface area contributed by atoms with Gasteiger partial charge in [0.1, 0.15) is 17.2 Å². The third kappa shape index (κ3) is 3.87. The molecule has 2 unspecified atom stereocenters. The van der Waals surface area contributed by atoms with Gasteiger partial charge in [0, 0.05) is 36.6 Å². The average Bonchev–Trinajstić information content (AvgIpc) is 3.41. The van der Waals surface area contributed by atoms with Gasteiger partial charge in [0.25, 0.3) is 5.91 Å². The number of benzene rings is 1. The quantitative estimate of drug-likeness (QED) is 0.530. The fraction of sp³-hybridized carbons (Fsp3) is 0.375. The van der Waals surface area contributed by atoms with E-state index in [2.05, 4.69) is 15.4 Å². The molecule has 172 valence electrons. The SMILES string of the molecule is Cn1nc(C2CC3CC(O)(c4cccnc4)CC3C2)c(C(=O)Nc2ccc(F)c(Cl)c2)c1N. The summed E-state index contributed by atoms with van der Waals surface area (Å²) in [6.07, 6.45) is 6.42. The second-order valence-corrected chi connectivity index (χ2v) is 9.63. The summed E-state index contributed by atoms with van der Waals surface area (Å²) in [6, 6.07) is 7.78.